The summed E-state index contributed by atoms with van der Waals surface area (Å²) in [7, 11) is 0. The summed E-state index contributed by atoms with van der Waals surface area (Å²) in [5.74, 6) is 2.33. The number of nitrogens with zero attached hydrogens (tertiary/aromatic N) is 6. The standard InChI is InChI=1S/C17H22N6O2.CH2O2/c1-10-6-11(2)22(17(25)18-10)9-15(24)21-7-12(3)23-14(8-21)19-20-16(23)13-4-5-13;2-1-3/h6,12-13H,4-5,7-9H2,1-3H3;1H,(H,2,3)/t12-;/m0./s1. The van der Waals surface area contributed by atoms with Gasteiger partial charge in [-0.1, -0.05) is 0 Å². The Hall–Kier alpha value is -3.04. The molecule has 0 spiro atoms. The van der Waals surface area contributed by atoms with Crippen molar-refractivity contribution >= 4 is 12.4 Å². The average Bonchev–Trinajstić information content (AvgIpc) is 3.37. The first kappa shape index (κ1) is 19.7. The van der Waals surface area contributed by atoms with Crippen molar-refractivity contribution in [1.82, 2.24) is 29.2 Å². The summed E-state index contributed by atoms with van der Waals surface area (Å²) in [4.78, 5) is 38.9. The zero-order valence-corrected chi connectivity index (χ0v) is 16.2. The van der Waals surface area contributed by atoms with Crippen LogP contribution in [-0.2, 0) is 22.7 Å². The maximum Gasteiger partial charge on any atom is 0.348 e. The quantitative estimate of drug-likeness (QED) is 0.765. The second-order valence-corrected chi connectivity index (χ2v) is 7.26. The van der Waals surface area contributed by atoms with Crippen LogP contribution in [0.1, 0.15) is 54.8 Å². The third-order valence-corrected chi connectivity index (χ3v) is 4.99. The lowest BCUT2D eigenvalue weighted by Crippen LogP contribution is -2.43. The Morgan fingerprint density at radius 1 is 1.32 bits per heavy atom. The Morgan fingerprint density at radius 3 is 2.61 bits per heavy atom. The molecule has 4 rings (SSSR count). The number of aryl methyl sites for hydroxylation is 2. The van der Waals surface area contributed by atoms with E-state index in [-0.39, 0.29) is 30.7 Å². The topological polar surface area (TPSA) is 123 Å². The molecular formula is C18H24N6O4. The monoisotopic (exact) mass is 388 g/mol. The van der Waals surface area contributed by atoms with E-state index < -0.39 is 0 Å². The van der Waals surface area contributed by atoms with Crippen molar-refractivity contribution in [3.05, 3.63) is 39.6 Å². The second-order valence-electron chi connectivity index (χ2n) is 7.26. The van der Waals surface area contributed by atoms with Gasteiger partial charge in [0.15, 0.2) is 5.82 Å². The maximum atomic E-state index is 12.7. The van der Waals surface area contributed by atoms with Gasteiger partial charge in [0.1, 0.15) is 12.4 Å². The molecule has 0 radical (unpaired) electrons. The van der Waals surface area contributed by atoms with Crippen molar-refractivity contribution < 1.29 is 14.7 Å². The molecule has 10 heteroatoms. The van der Waals surface area contributed by atoms with E-state index in [1.165, 1.54) is 17.4 Å². The minimum atomic E-state index is -0.380. The zero-order valence-electron chi connectivity index (χ0n) is 16.2. The summed E-state index contributed by atoms with van der Waals surface area (Å²) in [6, 6.07) is 1.96. The zero-order chi connectivity index (χ0) is 20.4. The van der Waals surface area contributed by atoms with Crippen LogP contribution >= 0.6 is 0 Å². The van der Waals surface area contributed by atoms with Gasteiger partial charge in [-0.05, 0) is 39.7 Å². The highest BCUT2D eigenvalue weighted by Gasteiger charge is 2.35. The van der Waals surface area contributed by atoms with Crippen LogP contribution in [0.5, 0.6) is 0 Å². The maximum absolute atomic E-state index is 12.7. The molecule has 1 fully saturated rings. The van der Waals surface area contributed by atoms with Gasteiger partial charge in [-0.3, -0.25) is 14.2 Å². The van der Waals surface area contributed by atoms with Gasteiger partial charge >= 0.3 is 5.69 Å². The molecule has 0 aromatic carbocycles. The predicted molar refractivity (Wildman–Crippen MR) is 98.8 cm³/mol. The van der Waals surface area contributed by atoms with Crippen LogP contribution in [0.3, 0.4) is 0 Å². The largest absolute Gasteiger partial charge is 0.483 e. The summed E-state index contributed by atoms with van der Waals surface area (Å²) in [5.41, 5.74) is 1.03. The van der Waals surface area contributed by atoms with Gasteiger partial charge in [0, 0.05) is 23.9 Å². The van der Waals surface area contributed by atoms with Crippen molar-refractivity contribution in [1.29, 1.82) is 0 Å². The Morgan fingerprint density at radius 2 is 2.00 bits per heavy atom. The van der Waals surface area contributed by atoms with Gasteiger partial charge < -0.3 is 14.6 Å². The Kier molecular flexibility index (Phi) is 5.57. The molecule has 1 aliphatic carbocycles. The van der Waals surface area contributed by atoms with Gasteiger partial charge in [0.2, 0.25) is 5.91 Å². The van der Waals surface area contributed by atoms with E-state index in [0.717, 1.165) is 17.3 Å². The van der Waals surface area contributed by atoms with Gasteiger partial charge in [-0.25, -0.2) is 4.79 Å². The van der Waals surface area contributed by atoms with Crippen molar-refractivity contribution in [3.8, 4) is 0 Å². The van der Waals surface area contributed by atoms with Gasteiger partial charge in [-0.2, -0.15) is 4.98 Å². The summed E-state index contributed by atoms with van der Waals surface area (Å²) in [6.07, 6.45) is 2.35. The van der Waals surface area contributed by atoms with Crippen molar-refractivity contribution in [3.63, 3.8) is 0 Å². The summed E-state index contributed by atoms with van der Waals surface area (Å²) in [5, 5.41) is 15.5. The SMILES string of the molecule is Cc1cc(C)n(CC(=O)N2Cc3nnc(C4CC4)n3[C@@H](C)C2)c(=O)n1.O=CO. The molecule has 3 heterocycles. The first-order valence-corrected chi connectivity index (χ1v) is 9.20. The first-order chi connectivity index (χ1) is 13.3. The van der Waals surface area contributed by atoms with Crippen LogP contribution in [0.15, 0.2) is 10.9 Å². The van der Waals surface area contributed by atoms with E-state index in [0.29, 0.717) is 24.7 Å². The number of hydrogen-bond donors (Lipinski definition) is 1. The summed E-state index contributed by atoms with van der Waals surface area (Å²) < 4.78 is 3.61. The Bertz CT molecular complexity index is 946. The van der Waals surface area contributed by atoms with Crippen LogP contribution in [0.4, 0.5) is 0 Å². The molecule has 1 amide bonds. The lowest BCUT2D eigenvalue weighted by atomic mass is 10.2. The molecular weight excluding hydrogens is 364 g/mol. The molecule has 0 unspecified atom stereocenters. The molecule has 2 aromatic rings. The molecule has 0 bridgehead atoms. The van der Waals surface area contributed by atoms with E-state index in [4.69, 9.17) is 9.90 Å². The van der Waals surface area contributed by atoms with Gasteiger partial charge in [0.25, 0.3) is 6.47 Å². The van der Waals surface area contributed by atoms with E-state index in [2.05, 4.69) is 26.7 Å². The molecule has 10 nitrogen and oxygen atoms in total. The highest BCUT2D eigenvalue weighted by molar-refractivity contribution is 5.76. The molecule has 0 saturated heterocycles. The normalized spacial score (nSPS) is 18.1. The Labute approximate surface area is 161 Å². The van der Waals surface area contributed by atoms with E-state index in [1.807, 2.05) is 13.0 Å². The average molecular weight is 388 g/mol. The smallest absolute Gasteiger partial charge is 0.348 e. The number of amides is 1. The Balaban J connectivity index is 0.000000706. The fourth-order valence-electron chi connectivity index (χ4n) is 3.57. The number of rotatable bonds is 3. The minimum Gasteiger partial charge on any atom is -0.483 e. The van der Waals surface area contributed by atoms with E-state index >= 15 is 0 Å². The van der Waals surface area contributed by atoms with Crippen LogP contribution in [0, 0.1) is 13.8 Å². The van der Waals surface area contributed by atoms with Crippen LogP contribution in [0.2, 0.25) is 0 Å². The number of hydrogen-bond acceptors (Lipinski definition) is 6. The van der Waals surface area contributed by atoms with Crippen LogP contribution in [-0.4, -0.2) is 53.2 Å². The highest BCUT2D eigenvalue weighted by Crippen LogP contribution is 2.40. The molecule has 1 atom stereocenters. The molecule has 1 aliphatic heterocycles. The number of carbonyl (C=O) groups excluding carboxylic acids is 1. The van der Waals surface area contributed by atoms with E-state index in [9.17, 15) is 9.59 Å². The van der Waals surface area contributed by atoms with E-state index in [1.54, 1.807) is 11.8 Å². The van der Waals surface area contributed by atoms with Crippen molar-refractivity contribution in [2.45, 2.75) is 58.7 Å². The minimum absolute atomic E-state index is 0.00822. The van der Waals surface area contributed by atoms with Crippen molar-refractivity contribution in [2.24, 2.45) is 0 Å². The molecule has 150 valence electrons. The predicted octanol–water partition coefficient (Wildman–Crippen LogP) is 0.633. The van der Waals surface area contributed by atoms with Crippen molar-refractivity contribution in [2.75, 3.05) is 6.54 Å². The lowest BCUT2D eigenvalue weighted by molar-refractivity contribution is -0.134. The number of fused-ring (bicyclic) bond motifs is 1. The molecule has 28 heavy (non-hydrogen) atoms. The number of aromatic nitrogens is 5. The number of carboxylic acid groups (broad SMARTS) is 1. The van der Waals surface area contributed by atoms with Gasteiger partial charge in [-0.15, -0.1) is 10.2 Å². The third-order valence-electron chi connectivity index (χ3n) is 4.99. The fraction of sp³-hybridized carbons (Fsp3) is 0.556. The van der Waals surface area contributed by atoms with Crippen LogP contribution < -0.4 is 5.69 Å². The molecule has 2 aliphatic rings. The second kappa shape index (κ2) is 7.91. The molecule has 2 aromatic heterocycles. The first-order valence-electron chi connectivity index (χ1n) is 9.20. The molecule has 1 saturated carbocycles. The van der Waals surface area contributed by atoms with Crippen LogP contribution in [0.25, 0.3) is 0 Å². The van der Waals surface area contributed by atoms with Gasteiger partial charge in [0.05, 0.1) is 12.6 Å². The fourth-order valence-corrected chi connectivity index (χ4v) is 3.57. The summed E-state index contributed by atoms with van der Waals surface area (Å²) in [6.45, 7) is 6.49. The highest BCUT2D eigenvalue weighted by atomic mass is 16.3. The third kappa shape index (κ3) is 3.95. The summed E-state index contributed by atoms with van der Waals surface area (Å²) >= 11 is 0. The molecule has 1 N–H and O–H groups in total. The number of carbonyl (C=O) groups is 2. The lowest BCUT2D eigenvalue weighted by Gasteiger charge is -2.33.